The Bertz CT molecular complexity index is 1270. The SMILES string of the molecule is CC/C=C\CC(/C=C/C1C2CC(OO2)C1C/C=C\CCCC(=O)OC(COC(=O)CCCCCCCCCCCCCCCCC)COP(=O)([O-])OCC[N+](C)(C)C)OO. The lowest BCUT2D eigenvalue weighted by Crippen LogP contribution is -2.37. The monoisotopic (exact) mass is 872 g/mol. The van der Waals surface area contributed by atoms with E-state index in [1.807, 2.05) is 45.4 Å². The van der Waals surface area contributed by atoms with Crippen molar-refractivity contribution in [2.45, 2.75) is 186 Å². The van der Waals surface area contributed by atoms with E-state index in [0.29, 0.717) is 36.7 Å². The maximum absolute atomic E-state index is 12.8. The number of hydrogen-bond donors (Lipinski definition) is 1. The minimum Gasteiger partial charge on any atom is -0.756 e. The summed E-state index contributed by atoms with van der Waals surface area (Å²) >= 11 is 0. The van der Waals surface area contributed by atoms with Crippen LogP contribution in [-0.2, 0) is 47.3 Å². The standard InChI is InChI=1S/C46H82NO12P/c1-6-8-10-11-12-13-14-15-16-17-18-19-20-21-26-30-45(48)53-37-40(38-55-60(51,52)54-35-34-47(3,4)5)56-46(49)31-27-23-22-25-29-41-42(44-36-43(41)58-59-44)33-32-39(57-50)28-24-9-7-2/h9,22,24-25,32-33,39-44H,6-8,10-21,23,26-31,34-38H2,1-5H3,(H-,50,51,52)/b24-9-,25-22-,33-32+. The molecule has 2 aliphatic rings. The molecule has 1 aliphatic heterocycles. The van der Waals surface area contributed by atoms with Crippen molar-refractivity contribution in [2.24, 2.45) is 11.8 Å². The Morgan fingerprint density at radius 2 is 1.40 bits per heavy atom. The van der Waals surface area contributed by atoms with Crippen LogP contribution in [0.25, 0.3) is 0 Å². The number of quaternary nitrogens is 1. The fourth-order valence-electron chi connectivity index (χ4n) is 7.46. The van der Waals surface area contributed by atoms with Gasteiger partial charge in [0.25, 0.3) is 7.82 Å². The topological polar surface area (TPSA) is 159 Å². The number of esters is 2. The maximum Gasteiger partial charge on any atom is 0.306 e. The van der Waals surface area contributed by atoms with Gasteiger partial charge in [-0.2, -0.15) is 0 Å². The lowest BCUT2D eigenvalue weighted by atomic mass is 9.89. The summed E-state index contributed by atoms with van der Waals surface area (Å²) in [5, 5.41) is 9.32. The van der Waals surface area contributed by atoms with Crippen LogP contribution in [0.5, 0.6) is 0 Å². The van der Waals surface area contributed by atoms with Gasteiger partial charge in [0.2, 0.25) is 0 Å². The maximum atomic E-state index is 12.8. The van der Waals surface area contributed by atoms with E-state index in [1.54, 1.807) is 0 Å². The Balaban J connectivity index is 1.73. The van der Waals surface area contributed by atoms with Crippen LogP contribution in [0, 0.1) is 11.8 Å². The van der Waals surface area contributed by atoms with E-state index in [0.717, 1.165) is 38.5 Å². The summed E-state index contributed by atoms with van der Waals surface area (Å²) in [5.41, 5.74) is 0. The summed E-state index contributed by atoms with van der Waals surface area (Å²) in [6.45, 7) is 3.85. The van der Waals surface area contributed by atoms with Gasteiger partial charge >= 0.3 is 11.9 Å². The summed E-state index contributed by atoms with van der Waals surface area (Å²) in [6, 6.07) is 0. The molecule has 2 fully saturated rings. The summed E-state index contributed by atoms with van der Waals surface area (Å²) in [4.78, 5) is 53.5. The fourth-order valence-corrected chi connectivity index (χ4v) is 8.18. The van der Waals surface area contributed by atoms with Gasteiger partial charge in [0.1, 0.15) is 32.0 Å². The van der Waals surface area contributed by atoms with Crippen molar-refractivity contribution in [1.29, 1.82) is 0 Å². The molecule has 7 unspecified atom stereocenters. The van der Waals surface area contributed by atoms with Crippen molar-refractivity contribution in [3.8, 4) is 0 Å². The Morgan fingerprint density at radius 1 is 0.783 bits per heavy atom. The number of carbonyl (C=O) groups excluding carboxylic acids is 2. The predicted octanol–water partition coefficient (Wildman–Crippen LogP) is 10.1. The molecule has 0 radical (unpaired) electrons. The molecule has 60 heavy (non-hydrogen) atoms. The minimum atomic E-state index is -4.68. The summed E-state index contributed by atoms with van der Waals surface area (Å²) in [5.74, 6) is -0.624. The van der Waals surface area contributed by atoms with Crippen LogP contribution in [-0.4, -0.2) is 93.6 Å². The zero-order valence-electron chi connectivity index (χ0n) is 37.9. The second kappa shape index (κ2) is 32.7. The molecule has 1 heterocycles. The number of ether oxygens (including phenoxy) is 2. The molecular weight excluding hydrogens is 789 g/mol. The Labute approximate surface area is 362 Å². The number of phosphoric ester groups is 1. The summed E-state index contributed by atoms with van der Waals surface area (Å²) < 4.78 is 34.0. The average Bonchev–Trinajstić information content (AvgIpc) is 3.82. The molecular formula is C46H82NO12P. The molecule has 1 saturated carbocycles. The van der Waals surface area contributed by atoms with Gasteiger partial charge in [0, 0.05) is 31.1 Å². The quantitative estimate of drug-likeness (QED) is 0.0119. The number of hydrogen-bond acceptors (Lipinski definition) is 12. The van der Waals surface area contributed by atoms with Gasteiger partial charge in [-0.05, 0) is 38.5 Å². The third-order valence-corrected chi connectivity index (χ3v) is 12.1. The molecule has 0 aromatic heterocycles. The van der Waals surface area contributed by atoms with Gasteiger partial charge in [-0.15, -0.1) is 0 Å². The largest absolute Gasteiger partial charge is 0.756 e. The molecule has 1 aliphatic carbocycles. The average molecular weight is 872 g/mol. The highest BCUT2D eigenvalue weighted by Crippen LogP contribution is 2.45. The first-order valence-electron chi connectivity index (χ1n) is 23.2. The third kappa shape index (κ3) is 26.5. The van der Waals surface area contributed by atoms with Crippen molar-refractivity contribution in [1.82, 2.24) is 0 Å². The number of likely N-dealkylation sites (N-methyl/N-ethyl adjacent to an activating group) is 1. The highest BCUT2D eigenvalue weighted by molar-refractivity contribution is 7.45. The number of fused-ring (bicyclic) bond motifs is 2. The van der Waals surface area contributed by atoms with E-state index in [-0.39, 0.29) is 50.1 Å². The van der Waals surface area contributed by atoms with Crippen molar-refractivity contribution in [2.75, 3.05) is 47.5 Å². The molecule has 13 nitrogen and oxygen atoms in total. The van der Waals surface area contributed by atoms with Crippen LogP contribution in [0.3, 0.4) is 0 Å². The number of nitrogens with zero attached hydrogens (tertiary/aromatic N) is 1. The molecule has 1 N–H and O–H groups in total. The lowest BCUT2D eigenvalue weighted by molar-refractivity contribution is -0.870. The second-order valence-electron chi connectivity index (χ2n) is 17.6. The van der Waals surface area contributed by atoms with Crippen LogP contribution >= 0.6 is 7.82 Å². The van der Waals surface area contributed by atoms with E-state index in [2.05, 4.69) is 30.9 Å². The summed E-state index contributed by atoms with van der Waals surface area (Å²) in [6.07, 6.45) is 33.5. The van der Waals surface area contributed by atoms with Crippen LogP contribution in [0.2, 0.25) is 0 Å². The zero-order valence-corrected chi connectivity index (χ0v) is 38.7. The van der Waals surface area contributed by atoms with Crippen molar-refractivity contribution >= 4 is 19.8 Å². The number of allylic oxidation sites excluding steroid dienone is 3. The smallest absolute Gasteiger partial charge is 0.306 e. The summed E-state index contributed by atoms with van der Waals surface area (Å²) in [7, 11) is 1.06. The molecule has 14 heteroatoms. The van der Waals surface area contributed by atoms with Crippen molar-refractivity contribution < 1.29 is 62.0 Å². The van der Waals surface area contributed by atoms with E-state index in [4.69, 9.17) is 28.3 Å². The highest BCUT2D eigenvalue weighted by Gasteiger charge is 2.49. The fraction of sp³-hybridized carbons (Fsp3) is 0.826. The van der Waals surface area contributed by atoms with Gasteiger partial charge in [-0.25, -0.2) is 14.7 Å². The number of unbranched alkanes of at least 4 members (excludes halogenated alkanes) is 15. The van der Waals surface area contributed by atoms with Gasteiger partial charge in [-0.3, -0.25) is 19.4 Å². The van der Waals surface area contributed by atoms with Gasteiger partial charge < -0.3 is 27.9 Å². The predicted molar refractivity (Wildman–Crippen MR) is 232 cm³/mol. The van der Waals surface area contributed by atoms with Crippen LogP contribution in [0.15, 0.2) is 36.5 Å². The Morgan fingerprint density at radius 3 is 2.02 bits per heavy atom. The Kier molecular flexibility index (Phi) is 29.5. The molecule has 348 valence electrons. The second-order valence-corrected chi connectivity index (χ2v) is 19.0. The first-order chi connectivity index (χ1) is 28.9. The van der Waals surface area contributed by atoms with Crippen LogP contribution < -0.4 is 4.89 Å². The lowest BCUT2D eigenvalue weighted by Gasteiger charge is -2.28. The van der Waals surface area contributed by atoms with Gasteiger partial charge in [0.15, 0.2) is 6.10 Å². The first-order valence-corrected chi connectivity index (χ1v) is 24.7. The number of phosphoric acid groups is 1. The van der Waals surface area contributed by atoms with Crippen LogP contribution in [0.1, 0.15) is 162 Å². The van der Waals surface area contributed by atoms with E-state index < -0.39 is 38.6 Å². The first kappa shape index (κ1) is 54.2. The van der Waals surface area contributed by atoms with Crippen LogP contribution in [0.4, 0.5) is 0 Å². The number of carbonyl (C=O) groups is 2. The third-order valence-electron chi connectivity index (χ3n) is 11.1. The molecule has 0 aromatic carbocycles. The molecule has 2 rings (SSSR count). The minimum absolute atomic E-state index is 0.0115. The van der Waals surface area contributed by atoms with Gasteiger partial charge in [0.05, 0.1) is 33.9 Å². The molecule has 0 amide bonds. The molecule has 7 atom stereocenters. The van der Waals surface area contributed by atoms with E-state index >= 15 is 0 Å². The van der Waals surface area contributed by atoms with Gasteiger partial charge in [-0.1, -0.05) is 140 Å². The van der Waals surface area contributed by atoms with Crippen molar-refractivity contribution in [3.63, 3.8) is 0 Å². The zero-order chi connectivity index (χ0) is 43.9. The van der Waals surface area contributed by atoms with E-state index in [1.165, 1.54) is 70.6 Å². The molecule has 1 saturated heterocycles. The highest BCUT2D eigenvalue weighted by atomic mass is 31.2. The Hall–Kier alpha value is -1.93. The molecule has 0 spiro atoms. The molecule has 2 bridgehead atoms. The number of rotatable bonds is 38. The normalized spacial score (nSPS) is 21.3. The van der Waals surface area contributed by atoms with Crippen molar-refractivity contribution in [3.05, 3.63) is 36.5 Å². The molecule has 0 aromatic rings. The van der Waals surface area contributed by atoms with E-state index in [9.17, 15) is 24.3 Å².